The Morgan fingerprint density at radius 3 is 2.37 bits per heavy atom. The monoisotopic (exact) mass is 415 g/mol. The van der Waals surface area contributed by atoms with Crippen LogP contribution in [0.2, 0.25) is 0 Å². The summed E-state index contributed by atoms with van der Waals surface area (Å²) in [5.74, 6) is -0.376. The van der Waals surface area contributed by atoms with Crippen molar-refractivity contribution in [2.45, 2.75) is 52.7 Å². The highest BCUT2D eigenvalue weighted by atomic mass is 16.6. The van der Waals surface area contributed by atoms with Gasteiger partial charge in [-0.3, -0.25) is 4.79 Å². The van der Waals surface area contributed by atoms with Crippen LogP contribution in [0.25, 0.3) is 10.8 Å². The number of hydrogen-bond acceptors (Lipinski definition) is 6. The lowest BCUT2D eigenvalue weighted by Crippen LogP contribution is -2.42. The molecule has 0 radical (unpaired) electrons. The van der Waals surface area contributed by atoms with Gasteiger partial charge in [0.2, 0.25) is 0 Å². The van der Waals surface area contributed by atoms with Gasteiger partial charge in [-0.05, 0) is 52.5 Å². The minimum Gasteiger partial charge on any atom is -0.461 e. The van der Waals surface area contributed by atoms with Crippen LogP contribution in [-0.2, 0) is 16.0 Å². The lowest BCUT2D eigenvalue weighted by molar-refractivity contribution is 0.0114. The van der Waals surface area contributed by atoms with Crippen LogP contribution < -0.4 is 5.56 Å². The molecule has 1 aromatic carbocycles. The molecule has 0 aliphatic carbocycles. The largest absolute Gasteiger partial charge is 0.461 e. The summed E-state index contributed by atoms with van der Waals surface area (Å²) in [7, 11) is 0. The molecule has 0 atom stereocenters. The summed E-state index contributed by atoms with van der Waals surface area (Å²) in [6, 6.07) is 6.93. The van der Waals surface area contributed by atoms with Gasteiger partial charge in [0.25, 0.3) is 5.56 Å². The average molecular weight is 415 g/mol. The summed E-state index contributed by atoms with van der Waals surface area (Å²) < 4.78 is 12.2. The van der Waals surface area contributed by atoms with Gasteiger partial charge >= 0.3 is 12.1 Å². The van der Waals surface area contributed by atoms with E-state index in [-0.39, 0.29) is 29.9 Å². The molecule has 0 unspecified atom stereocenters. The third-order valence-electron chi connectivity index (χ3n) is 5.08. The molecule has 0 bridgehead atoms. The molecule has 1 saturated heterocycles. The van der Waals surface area contributed by atoms with Gasteiger partial charge in [-0.15, -0.1) is 0 Å². The molecule has 0 saturated carbocycles. The van der Waals surface area contributed by atoms with Crippen molar-refractivity contribution < 1.29 is 19.1 Å². The first-order valence-corrected chi connectivity index (χ1v) is 10.3. The SMILES string of the molecule is CCn1nc(C(=O)OCC2CCN(C(=O)OC(C)(C)C)CC2)c2ccccc2c1=O. The van der Waals surface area contributed by atoms with Gasteiger partial charge in [0, 0.05) is 25.0 Å². The van der Waals surface area contributed by atoms with Crippen molar-refractivity contribution in [3.63, 3.8) is 0 Å². The standard InChI is InChI=1S/C22H29N3O5/c1-5-25-19(26)17-9-7-6-8-16(17)18(23-25)20(27)29-14-15-10-12-24(13-11-15)21(28)30-22(2,3)4/h6-9,15H,5,10-14H2,1-4H3. The molecule has 1 aliphatic rings. The number of carbonyl (C=O) groups excluding carboxylic acids is 2. The highest BCUT2D eigenvalue weighted by Crippen LogP contribution is 2.21. The van der Waals surface area contributed by atoms with Gasteiger partial charge < -0.3 is 14.4 Å². The zero-order valence-corrected chi connectivity index (χ0v) is 18.0. The second-order valence-electron chi connectivity index (χ2n) is 8.52. The number of benzene rings is 1. The van der Waals surface area contributed by atoms with E-state index in [1.807, 2.05) is 20.8 Å². The van der Waals surface area contributed by atoms with Crippen molar-refractivity contribution in [2.75, 3.05) is 19.7 Å². The first-order chi connectivity index (χ1) is 14.2. The lowest BCUT2D eigenvalue weighted by atomic mass is 9.98. The maximum Gasteiger partial charge on any atom is 0.410 e. The van der Waals surface area contributed by atoms with Crippen LogP contribution in [0, 0.1) is 5.92 Å². The molecule has 3 rings (SSSR count). The van der Waals surface area contributed by atoms with Crippen LogP contribution in [0.15, 0.2) is 29.1 Å². The van der Waals surface area contributed by atoms with Crippen molar-refractivity contribution in [3.05, 3.63) is 40.3 Å². The van der Waals surface area contributed by atoms with Gasteiger partial charge in [0.1, 0.15) is 5.60 Å². The van der Waals surface area contributed by atoms with Gasteiger partial charge in [0.05, 0.1) is 12.0 Å². The molecule has 8 heteroatoms. The Morgan fingerprint density at radius 1 is 1.13 bits per heavy atom. The summed E-state index contributed by atoms with van der Waals surface area (Å²) >= 11 is 0. The zero-order chi connectivity index (χ0) is 21.9. The summed E-state index contributed by atoms with van der Waals surface area (Å²) in [6.07, 6.45) is 1.15. The van der Waals surface area contributed by atoms with Crippen LogP contribution in [0.4, 0.5) is 4.79 Å². The number of ether oxygens (including phenoxy) is 2. The fourth-order valence-electron chi connectivity index (χ4n) is 3.47. The molecule has 1 fully saturated rings. The summed E-state index contributed by atoms with van der Waals surface area (Å²) in [6.45, 7) is 9.09. The smallest absolute Gasteiger partial charge is 0.410 e. The van der Waals surface area contributed by atoms with Crippen molar-refractivity contribution in [2.24, 2.45) is 5.92 Å². The number of aromatic nitrogens is 2. The normalized spacial score (nSPS) is 15.3. The topological polar surface area (TPSA) is 90.7 Å². The van der Waals surface area contributed by atoms with E-state index in [1.54, 1.807) is 36.1 Å². The number of rotatable bonds is 4. The molecular formula is C22H29N3O5. The minimum atomic E-state index is -0.539. The maximum absolute atomic E-state index is 12.7. The lowest BCUT2D eigenvalue weighted by Gasteiger charge is -2.33. The molecule has 2 aromatic rings. The predicted octanol–water partition coefficient (Wildman–Crippen LogP) is 3.22. The molecular weight excluding hydrogens is 386 g/mol. The number of esters is 1. The Labute approximate surface area is 175 Å². The zero-order valence-electron chi connectivity index (χ0n) is 18.0. The molecule has 1 aromatic heterocycles. The molecule has 0 N–H and O–H groups in total. The Kier molecular flexibility index (Phi) is 6.43. The van der Waals surface area contributed by atoms with Crippen LogP contribution >= 0.6 is 0 Å². The number of fused-ring (bicyclic) bond motifs is 1. The molecule has 162 valence electrons. The summed E-state index contributed by atoms with van der Waals surface area (Å²) in [5.41, 5.74) is -0.591. The van der Waals surface area contributed by atoms with E-state index in [2.05, 4.69) is 5.10 Å². The third-order valence-corrected chi connectivity index (χ3v) is 5.08. The molecule has 1 aliphatic heterocycles. The molecule has 0 spiro atoms. The highest BCUT2D eigenvalue weighted by molar-refractivity contribution is 6.02. The van der Waals surface area contributed by atoms with Gasteiger partial charge in [-0.1, -0.05) is 18.2 Å². The van der Waals surface area contributed by atoms with E-state index in [1.165, 1.54) is 4.68 Å². The van der Waals surface area contributed by atoms with Crippen molar-refractivity contribution in [3.8, 4) is 0 Å². The first-order valence-electron chi connectivity index (χ1n) is 10.3. The van der Waals surface area contributed by atoms with Crippen molar-refractivity contribution >= 4 is 22.8 Å². The predicted molar refractivity (Wildman–Crippen MR) is 112 cm³/mol. The van der Waals surface area contributed by atoms with E-state index in [9.17, 15) is 14.4 Å². The fourth-order valence-corrected chi connectivity index (χ4v) is 3.47. The maximum atomic E-state index is 12.7. The van der Waals surface area contributed by atoms with Crippen molar-refractivity contribution in [1.29, 1.82) is 0 Å². The Hall–Kier alpha value is -2.90. The number of amides is 1. The molecule has 2 heterocycles. The number of likely N-dealkylation sites (tertiary alicyclic amines) is 1. The molecule has 8 nitrogen and oxygen atoms in total. The minimum absolute atomic E-state index is 0.151. The van der Waals surface area contributed by atoms with Crippen LogP contribution in [0.3, 0.4) is 0 Å². The van der Waals surface area contributed by atoms with Crippen molar-refractivity contribution in [1.82, 2.24) is 14.7 Å². The van der Waals surface area contributed by atoms with Gasteiger partial charge in [-0.25, -0.2) is 14.3 Å². The number of hydrogen-bond donors (Lipinski definition) is 0. The highest BCUT2D eigenvalue weighted by Gasteiger charge is 2.28. The Morgan fingerprint density at radius 2 is 1.77 bits per heavy atom. The van der Waals surface area contributed by atoms with Crippen LogP contribution in [0.5, 0.6) is 0 Å². The summed E-state index contributed by atoms with van der Waals surface area (Å²) in [5, 5.41) is 5.16. The quantitative estimate of drug-likeness (QED) is 0.712. The second kappa shape index (κ2) is 8.85. The van der Waals surface area contributed by atoms with Crippen LogP contribution in [-0.4, -0.2) is 52.0 Å². The Bertz CT molecular complexity index is 984. The number of carbonyl (C=O) groups is 2. The van der Waals surface area contributed by atoms with Gasteiger partial charge in [-0.2, -0.15) is 5.10 Å². The number of piperidine rings is 1. The fraction of sp³-hybridized carbons (Fsp3) is 0.545. The average Bonchev–Trinajstić information content (AvgIpc) is 2.71. The number of aryl methyl sites for hydroxylation is 1. The second-order valence-corrected chi connectivity index (χ2v) is 8.52. The van der Waals surface area contributed by atoms with E-state index in [4.69, 9.17) is 9.47 Å². The Balaban J connectivity index is 1.62. The van der Waals surface area contributed by atoms with E-state index < -0.39 is 11.6 Å². The van der Waals surface area contributed by atoms with E-state index in [0.29, 0.717) is 30.4 Å². The summed E-state index contributed by atoms with van der Waals surface area (Å²) in [4.78, 5) is 39.0. The van der Waals surface area contributed by atoms with E-state index in [0.717, 1.165) is 12.8 Å². The van der Waals surface area contributed by atoms with E-state index >= 15 is 0 Å². The molecule has 1 amide bonds. The third kappa shape index (κ3) is 4.98. The van der Waals surface area contributed by atoms with Crippen LogP contribution in [0.1, 0.15) is 51.0 Å². The molecule has 30 heavy (non-hydrogen) atoms. The van der Waals surface area contributed by atoms with Gasteiger partial charge in [0.15, 0.2) is 5.69 Å². The first kappa shape index (κ1) is 21.8. The number of nitrogens with zero attached hydrogens (tertiary/aromatic N) is 3.